The van der Waals surface area contributed by atoms with Gasteiger partial charge in [-0.1, -0.05) is 175 Å². The molecule has 252 valence electrons. The standard InChI is InChI=1S/3C12H24O2.Ga/c3*1-2-3-4-5-6-7-8-9-10-11-12(13)14;/h3*2-11H2,1H3,(H,13,14);/q;;;+3/p-3. The third-order valence-electron chi connectivity index (χ3n) is 7.45. The van der Waals surface area contributed by atoms with E-state index >= 15 is 0 Å². The summed E-state index contributed by atoms with van der Waals surface area (Å²) >= 11 is 0. The van der Waals surface area contributed by atoms with Gasteiger partial charge in [0.15, 0.2) is 0 Å². The van der Waals surface area contributed by atoms with Crippen LogP contribution in [0.2, 0.25) is 0 Å². The molecule has 0 N–H and O–H groups in total. The summed E-state index contributed by atoms with van der Waals surface area (Å²) < 4.78 is 0. The first kappa shape index (κ1) is 48.9. The molecule has 0 saturated carbocycles. The van der Waals surface area contributed by atoms with Crippen LogP contribution in [0, 0.1) is 0 Å². The van der Waals surface area contributed by atoms with Gasteiger partial charge in [0.05, 0.1) is 0 Å². The number of carbonyl (C=O) groups is 3. The molecule has 0 aliphatic carbocycles. The van der Waals surface area contributed by atoms with Crippen LogP contribution >= 0.6 is 0 Å². The second kappa shape index (κ2) is 45.5. The van der Waals surface area contributed by atoms with Crippen molar-refractivity contribution in [3.63, 3.8) is 0 Å². The van der Waals surface area contributed by atoms with Crippen molar-refractivity contribution in [2.24, 2.45) is 0 Å². The molecule has 0 aromatic rings. The number of carboxylic acids is 3. The predicted molar refractivity (Wildman–Crippen MR) is 176 cm³/mol. The zero-order valence-corrected chi connectivity index (χ0v) is 31.2. The van der Waals surface area contributed by atoms with Gasteiger partial charge in [-0.05, 0) is 38.5 Å². The second-order valence-electron chi connectivity index (χ2n) is 11.9. The van der Waals surface area contributed by atoms with Gasteiger partial charge in [-0.3, -0.25) is 0 Å². The summed E-state index contributed by atoms with van der Waals surface area (Å²) in [5.74, 6) is -2.73. The summed E-state index contributed by atoms with van der Waals surface area (Å²) in [5.41, 5.74) is 0. The SMILES string of the molecule is CCCCCCCCCCCC(=O)[O-].CCCCCCCCCCCC(=O)[O-].CCCCCCCCCCCC(=O)[O-].[Ga+3]. The Kier molecular flexibility index (Phi) is 51.8. The molecule has 0 aliphatic heterocycles. The molecule has 0 amide bonds. The first-order valence-electron chi connectivity index (χ1n) is 17.9. The van der Waals surface area contributed by atoms with Crippen molar-refractivity contribution in [1.29, 1.82) is 0 Å². The fourth-order valence-corrected chi connectivity index (χ4v) is 4.74. The van der Waals surface area contributed by atoms with E-state index in [1.54, 1.807) is 0 Å². The third-order valence-corrected chi connectivity index (χ3v) is 7.45. The molecule has 0 atom stereocenters. The predicted octanol–water partition coefficient (Wildman–Crippen LogP) is 7.59. The molecule has 0 fully saturated rings. The average molecular weight is 668 g/mol. The summed E-state index contributed by atoms with van der Waals surface area (Å²) in [5, 5.41) is 30.3. The summed E-state index contributed by atoms with van der Waals surface area (Å²) in [6.07, 6.45) is 33.5. The van der Waals surface area contributed by atoms with E-state index in [2.05, 4.69) is 20.8 Å². The van der Waals surface area contributed by atoms with Gasteiger partial charge < -0.3 is 29.7 Å². The molecule has 43 heavy (non-hydrogen) atoms. The molecular weight excluding hydrogens is 598 g/mol. The van der Waals surface area contributed by atoms with Crippen molar-refractivity contribution >= 4 is 37.7 Å². The van der Waals surface area contributed by atoms with Gasteiger partial charge in [-0.15, -0.1) is 0 Å². The minimum absolute atomic E-state index is 0. The van der Waals surface area contributed by atoms with E-state index in [1.807, 2.05) is 0 Å². The normalized spacial score (nSPS) is 10.1. The minimum atomic E-state index is -0.909. The van der Waals surface area contributed by atoms with Crippen LogP contribution in [0.1, 0.15) is 213 Å². The molecule has 0 saturated heterocycles. The van der Waals surface area contributed by atoms with Crippen LogP contribution in [0.15, 0.2) is 0 Å². The van der Waals surface area contributed by atoms with Gasteiger partial charge in [-0.2, -0.15) is 0 Å². The number of hydrogen-bond donors (Lipinski definition) is 0. The molecule has 7 heteroatoms. The van der Waals surface area contributed by atoms with Gasteiger partial charge in [0, 0.05) is 17.9 Å². The summed E-state index contributed by atoms with van der Waals surface area (Å²) in [7, 11) is 0. The molecule has 0 bridgehead atoms. The second-order valence-corrected chi connectivity index (χ2v) is 11.9. The van der Waals surface area contributed by atoms with Crippen molar-refractivity contribution in [2.75, 3.05) is 0 Å². The van der Waals surface area contributed by atoms with E-state index < -0.39 is 17.9 Å². The largest absolute Gasteiger partial charge is 3.00 e. The molecule has 0 unspecified atom stereocenters. The smallest absolute Gasteiger partial charge is 0.550 e. The number of carbonyl (C=O) groups excluding carboxylic acids is 3. The maximum Gasteiger partial charge on any atom is 3.00 e. The first-order valence-corrected chi connectivity index (χ1v) is 17.9. The van der Waals surface area contributed by atoms with Gasteiger partial charge >= 0.3 is 19.8 Å². The minimum Gasteiger partial charge on any atom is -0.550 e. The number of rotatable bonds is 30. The van der Waals surface area contributed by atoms with Gasteiger partial charge in [0.2, 0.25) is 0 Å². The van der Waals surface area contributed by atoms with Gasteiger partial charge in [-0.25, -0.2) is 0 Å². The van der Waals surface area contributed by atoms with Crippen molar-refractivity contribution in [3.05, 3.63) is 0 Å². The molecule has 0 aromatic heterocycles. The molecular formula is C36H69GaO6. The summed E-state index contributed by atoms with van der Waals surface area (Å²) in [6.45, 7) is 6.67. The van der Waals surface area contributed by atoms with Crippen LogP contribution in [0.3, 0.4) is 0 Å². The Morgan fingerprint density at radius 3 is 0.581 bits per heavy atom. The van der Waals surface area contributed by atoms with E-state index in [4.69, 9.17) is 0 Å². The molecule has 0 aliphatic rings. The fraction of sp³-hybridized carbons (Fsp3) is 0.917. The first-order chi connectivity index (χ1) is 20.3. The van der Waals surface area contributed by atoms with E-state index in [9.17, 15) is 29.7 Å². The maximum atomic E-state index is 10.1. The van der Waals surface area contributed by atoms with E-state index in [-0.39, 0.29) is 39.1 Å². The van der Waals surface area contributed by atoms with Crippen LogP contribution < -0.4 is 15.3 Å². The Bertz CT molecular complexity index is 480. The zero-order chi connectivity index (χ0) is 31.9. The topological polar surface area (TPSA) is 120 Å². The van der Waals surface area contributed by atoms with Crippen molar-refractivity contribution in [1.82, 2.24) is 0 Å². The number of unbranched alkanes of at least 4 members (excludes halogenated alkanes) is 24. The summed E-state index contributed by atoms with van der Waals surface area (Å²) in [6, 6.07) is 0. The van der Waals surface area contributed by atoms with Crippen LogP contribution in [0.5, 0.6) is 0 Å². The van der Waals surface area contributed by atoms with Gasteiger partial charge in [0.25, 0.3) is 0 Å². The van der Waals surface area contributed by atoms with Crippen molar-refractivity contribution in [3.8, 4) is 0 Å². The Morgan fingerprint density at radius 2 is 0.442 bits per heavy atom. The van der Waals surface area contributed by atoms with Crippen LogP contribution in [0.25, 0.3) is 0 Å². The molecule has 0 rings (SSSR count). The third kappa shape index (κ3) is 60.9. The molecule has 0 radical (unpaired) electrons. The maximum absolute atomic E-state index is 10.1. The van der Waals surface area contributed by atoms with E-state index in [0.29, 0.717) is 0 Å². The van der Waals surface area contributed by atoms with Crippen molar-refractivity contribution < 1.29 is 29.7 Å². The zero-order valence-electron chi connectivity index (χ0n) is 28.7. The quantitative estimate of drug-likeness (QED) is 0.0575. The van der Waals surface area contributed by atoms with Gasteiger partial charge in [0.1, 0.15) is 0 Å². The Morgan fingerprint density at radius 1 is 0.302 bits per heavy atom. The van der Waals surface area contributed by atoms with Crippen LogP contribution in [-0.4, -0.2) is 37.7 Å². The Hall–Kier alpha value is -0.954. The van der Waals surface area contributed by atoms with Crippen LogP contribution in [-0.2, 0) is 14.4 Å². The summed E-state index contributed by atoms with van der Waals surface area (Å²) in [4.78, 5) is 30.3. The van der Waals surface area contributed by atoms with E-state index in [0.717, 1.165) is 38.5 Å². The number of carboxylic acid groups (broad SMARTS) is 3. The number of aliphatic carboxylic acids is 3. The molecule has 0 aromatic carbocycles. The Balaban J connectivity index is -0.000000262. The number of hydrogen-bond acceptors (Lipinski definition) is 6. The molecule has 0 spiro atoms. The molecule has 0 heterocycles. The fourth-order valence-electron chi connectivity index (χ4n) is 4.74. The van der Waals surface area contributed by atoms with Crippen LogP contribution in [0.4, 0.5) is 0 Å². The Labute approximate surface area is 280 Å². The van der Waals surface area contributed by atoms with E-state index in [1.165, 1.54) is 135 Å². The molecule has 6 nitrogen and oxygen atoms in total. The average Bonchev–Trinajstić information content (AvgIpc) is 2.95. The van der Waals surface area contributed by atoms with Crippen molar-refractivity contribution in [2.45, 2.75) is 213 Å². The monoisotopic (exact) mass is 666 g/mol.